The summed E-state index contributed by atoms with van der Waals surface area (Å²) in [6.07, 6.45) is 2.26. The summed E-state index contributed by atoms with van der Waals surface area (Å²) in [7, 11) is 1.91. The van der Waals surface area contributed by atoms with Crippen LogP contribution in [0.2, 0.25) is 0 Å². The van der Waals surface area contributed by atoms with E-state index in [2.05, 4.69) is 11.8 Å². The summed E-state index contributed by atoms with van der Waals surface area (Å²) in [5.74, 6) is 0.190. The zero-order valence-electron chi connectivity index (χ0n) is 10.9. The van der Waals surface area contributed by atoms with Gasteiger partial charge >= 0.3 is 0 Å². The molecule has 1 amide bonds. The van der Waals surface area contributed by atoms with Crippen LogP contribution >= 0.6 is 0 Å². The molecule has 1 aliphatic rings. The van der Waals surface area contributed by atoms with E-state index in [1.807, 2.05) is 25.8 Å². The molecule has 0 spiro atoms. The maximum absolute atomic E-state index is 11.1. The molecule has 0 atom stereocenters. The van der Waals surface area contributed by atoms with Crippen molar-refractivity contribution in [2.75, 3.05) is 26.7 Å². The first kappa shape index (κ1) is 14.4. The molecule has 0 unspecified atom stereocenters. The zero-order chi connectivity index (χ0) is 11.8. The predicted molar refractivity (Wildman–Crippen MR) is 64.9 cm³/mol. The van der Waals surface area contributed by atoms with Crippen LogP contribution in [0.15, 0.2) is 0 Å². The second kappa shape index (κ2) is 7.69. The van der Waals surface area contributed by atoms with E-state index in [0.29, 0.717) is 6.04 Å². The summed E-state index contributed by atoms with van der Waals surface area (Å²) < 4.78 is 0. The van der Waals surface area contributed by atoms with Crippen molar-refractivity contribution in [3.8, 4) is 0 Å². The summed E-state index contributed by atoms with van der Waals surface area (Å²) in [4.78, 5) is 15.4. The highest BCUT2D eigenvalue weighted by Gasteiger charge is 2.22. The fourth-order valence-corrected chi connectivity index (χ4v) is 1.88. The van der Waals surface area contributed by atoms with Crippen molar-refractivity contribution < 1.29 is 4.79 Å². The van der Waals surface area contributed by atoms with Crippen molar-refractivity contribution in [2.24, 2.45) is 0 Å². The van der Waals surface area contributed by atoms with Crippen molar-refractivity contribution in [1.82, 2.24) is 9.80 Å². The lowest BCUT2D eigenvalue weighted by molar-refractivity contribution is -0.130. The molecular formula is C12H26N2O. The second-order valence-electron chi connectivity index (χ2n) is 3.80. The molecule has 3 nitrogen and oxygen atoms in total. The highest BCUT2D eigenvalue weighted by Crippen LogP contribution is 2.14. The van der Waals surface area contributed by atoms with E-state index >= 15 is 0 Å². The topological polar surface area (TPSA) is 23.6 Å². The van der Waals surface area contributed by atoms with Gasteiger partial charge in [0.05, 0.1) is 0 Å². The normalized spacial score (nSPS) is 17.9. The van der Waals surface area contributed by atoms with E-state index in [9.17, 15) is 4.79 Å². The van der Waals surface area contributed by atoms with Crippen LogP contribution in [0.25, 0.3) is 0 Å². The van der Waals surface area contributed by atoms with Crippen molar-refractivity contribution >= 4 is 5.91 Å². The lowest BCUT2D eigenvalue weighted by Gasteiger charge is -2.35. The molecule has 0 N–H and O–H groups in total. The van der Waals surface area contributed by atoms with Crippen LogP contribution in [-0.4, -0.2) is 48.4 Å². The summed E-state index contributed by atoms with van der Waals surface area (Å²) in [5, 5.41) is 0. The molecule has 1 rings (SSSR count). The number of nitrogens with zero attached hydrogens (tertiary/aromatic N) is 2. The van der Waals surface area contributed by atoms with Crippen molar-refractivity contribution in [3.05, 3.63) is 0 Å². The number of hydrogen-bond acceptors (Lipinski definition) is 2. The van der Waals surface area contributed by atoms with E-state index in [0.717, 1.165) is 32.5 Å². The van der Waals surface area contributed by atoms with Gasteiger partial charge < -0.3 is 9.80 Å². The lowest BCUT2D eigenvalue weighted by Crippen LogP contribution is -2.44. The van der Waals surface area contributed by atoms with Gasteiger partial charge in [-0.25, -0.2) is 0 Å². The molecular weight excluding hydrogens is 188 g/mol. The van der Waals surface area contributed by atoms with Gasteiger partial charge in [0.15, 0.2) is 0 Å². The van der Waals surface area contributed by atoms with Crippen LogP contribution in [0, 0.1) is 0 Å². The average molecular weight is 214 g/mol. The average Bonchev–Trinajstić information content (AvgIpc) is 2.31. The van der Waals surface area contributed by atoms with Crippen molar-refractivity contribution in [2.45, 2.75) is 46.6 Å². The number of carbonyl (C=O) groups excluding carboxylic acids is 1. The van der Waals surface area contributed by atoms with Crippen molar-refractivity contribution in [1.29, 1.82) is 0 Å². The number of rotatable bonds is 2. The third kappa shape index (κ3) is 4.65. The minimum Gasteiger partial charge on any atom is -0.343 e. The van der Waals surface area contributed by atoms with Gasteiger partial charge in [-0.05, 0) is 19.4 Å². The van der Waals surface area contributed by atoms with Gasteiger partial charge in [-0.15, -0.1) is 0 Å². The largest absolute Gasteiger partial charge is 0.343 e. The number of amides is 1. The Bertz CT molecular complexity index is 174. The maximum atomic E-state index is 11.1. The maximum Gasteiger partial charge on any atom is 0.219 e. The van der Waals surface area contributed by atoms with Gasteiger partial charge in [-0.3, -0.25) is 4.79 Å². The molecule has 1 saturated heterocycles. The van der Waals surface area contributed by atoms with E-state index < -0.39 is 0 Å². The summed E-state index contributed by atoms with van der Waals surface area (Å²) in [6, 6.07) is 0.472. The fraction of sp³-hybridized carbons (Fsp3) is 0.917. The van der Waals surface area contributed by atoms with Gasteiger partial charge in [-0.1, -0.05) is 20.8 Å². The summed E-state index contributed by atoms with van der Waals surface area (Å²) in [6.45, 7) is 11.2. The zero-order valence-corrected chi connectivity index (χ0v) is 10.9. The summed E-state index contributed by atoms with van der Waals surface area (Å²) in [5.41, 5.74) is 0. The Hall–Kier alpha value is -0.570. The smallest absolute Gasteiger partial charge is 0.219 e. The molecule has 0 aromatic heterocycles. The summed E-state index contributed by atoms with van der Waals surface area (Å²) >= 11 is 0. The van der Waals surface area contributed by atoms with E-state index in [1.54, 1.807) is 6.92 Å². The third-order valence-electron chi connectivity index (χ3n) is 3.05. The number of likely N-dealkylation sites (tertiary alicyclic amines) is 1. The molecule has 1 aliphatic heterocycles. The highest BCUT2D eigenvalue weighted by atomic mass is 16.2. The second-order valence-corrected chi connectivity index (χ2v) is 3.80. The van der Waals surface area contributed by atoms with Crippen LogP contribution in [0.4, 0.5) is 0 Å². The first-order valence-corrected chi connectivity index (χ1v) is 6.11. The van der Waals surface area contributed by atoms with Gasteiger partial charge in [0.1, 0.15) is 0 Å². The Morgan fingerprint density at radius 1 is 1.33 bits per heavy atom. The molecule has 0 aromatic rings. The molecule has 1 heterocycles. The molecule has 15 heavy (non-hydrogen) atoms. The monoisotopic (exact) mass is 214 g/mol. The molecule has 90 valence electrons. The molecule has 0 aromatic carbocycles. The van der Waals surface area contributed by atoms with Gasteiger partial charge in [0.2, 0.25) is 5.91 Å². The molecule has 3 heteroatoms. The van der Waals surface area contributed by atoms with Gasteiger partial charge in [0.25, 0.3) is 0 Å². The van der Waals surface area contributed by atoms with Gasteiger partial charge in [0, 0.05) is 33.1 Å². The molecule has 1 fully saturated rings. The van der Waals surface area contributed by atoms with E-state index in [1.165, 1.54) is 0 Å². The number of hydrogen-bond donors (Lipinski definition) is 0. The van der Waals surface area contributed by atoms with Crippen LogP contribution < -0.4 is 0 Å². The van der Waals surface area contributed by atoms with E-state index in [-0.39, 0.29) is 5.91 Å². The highest BCUT2D eigenvalue weighted by molar-refractivity contribution is 5.73. The molecule has 0 aliphatic carbocycles. The first-order chi connectivity index (χ1) is 7.15. The predicted octanol–water partition coefficient (Wildman–Crippen LogP) is 1.98. The quantitative estimate of drug-likeness (QED) is 0.701. The Morgan fingerprint density at radius 3 is 2.13 bits per heavy atom. The standard InChI is InChI=1S/C10H20N2O.C2H6/c1-4-12-7-5-10(6-8-12)11(3)9(2)13;1-2/h10H,4-8H2,1-3H3;1-2H3. The minimum atomic E-state index is 0.190. The lowest BCUT2D eigenvalue weighted by atomic mass is 10.0. The Morgan fingerprint density at radius 2 is 1.80 bits per heavy atom. The van der Waals surface area contributed by atoms with E-state index in [4.69, 9.17) is 0 Å². The molecule has 0 saturated carbocycles. The van der Waals surface area contributed by atoms with Crippen LogP contribution in [0.3, 0.4) is 0 Å². The Balaban J connectivity index is 0.000000921. The van der Waals surface area contributed by atoms with Gasteiger partial charge in [-0.2, -0.15) is 0 Å². The Labute approximate surface area is 94.4 Å². The Kier molecular flexibility index (Phi) is 7.39. The minimum absolute atomic E-state index is 0.190. The molecule has 0 bridgehead atoms. The van der Waals surface area contributed by atoms with Crippen LogP contribution in [0.5, 0.6) is 0 Å². The first-order valence-electron chi connectivity index (χ1n) is 6.11. The van der Waals surface area contributed by atoms with Crippen LogP contribution in [-0.2, 0) is 4.79 Å². The fourth-order valence-electron chi connectivity index (χ4n) is 1.88. The number of carbonyl (C=O) groups is 1. The van der Waals surface area contributed by atoms with Crippen LogP contribution in [0.1, 0.15) is 40.5 Å². The third-order valence-corrected chi connectivity index (χ3v) is 3.05. The number of piperidine rings is 1. The van der Waals surface area contributed by atoms with Crippen molar-refractivity contribution in [3.63, 3.8) is 0 Å². The molecule has 0 radical (unpaired) electrons. The SMILES string of the molecule is CC.CCN1CCC(N(C)C(C)=O)CC1.